The Bertz CT molecular complexity index is 1300. The van der Waals surface area contributed by atoms with Crippen molar-refractivity contribution < 1.29 is 33.0 Å². The molecule has 1 amide bonds. The maximum Gasteiger partial charge on any atom is 0.511 e. The molecule has 0 fully saturated rings. The van der Waals surface area contributed by atoms with Crippen molar-refractivity contribution in [2.75, 3.05) is 0 Å². The topological polar surface area (TPSA) is 107 Å². The number of carboxylic acid groups (broad SMARTS) is 1. The van der Waals surface area contributed by atoms with Crippen LogP contribution < -0.4 is 15.5 Å². The smallest absolute Gasteiger partial charge is 0.449 e. The third-order valence-electron chi connectivity index (χ3n) is 4.34. The van der Waals surface area contributed by atoms with E-state index in [1.165, 1.54) is 4.57 Å². The Kier molecular flexibility index (Phi) is 6.59. The first kappa shape index (κ1) is 24.0. The summed E-state index contributed by atoms with van der Waals surface area (Å²) < 4.78 is 39.0. The number of nitrogens with one attached hydrogen (secondary N) is 1. The first-order valence-corrected chi connectivity index (χ1v) is 9.95. The Labute approximate surface area is 191 Å². The Morgan fingerprint density at radius 3 is 2.39 bits per heavy atom. The van der Waals surface area contributed by atoms with Gasteiger partial charge < -0.3 is 24.5 Å². The van der Waals surface area contributed by atoms with E-state index >= 15 is 0 Å². The number of hydrogen-bond donors (Lipinski definition) is 2. The molecular formula is C22H19ClF2N2O6. The number of carbonyl (C=O) groups excluding carboxylic acids is 1. The van der Waals surface area contributed by atoms with Crippen LogP contribution in [0, 0.1) is 11.6 Å². The molecular weight excluding hydrogens is 462 g/mol. The fourth-order valence-electron chi connectivity index (χ4n) is 3.00. The third-order valence-corrected chi connectivity index (χ3v) is 4.68. The predicted molar refractivity (Wildman–Crippen MR) is 116 cm³/mol. The van der Waals surface area contributed by atoms with Crippen molar-refractivity contribution in [1.82, 2.24) is 9.88 Å². The summed E-state index contributed by atoms with van der Waals surface area (Å²) in [6, 6.07) is 6.99. The van der Waals surface area contributed by atoms with Gasteiger partial charge in [-0.2, -0.15) is 0 Å². The van der Waals surface area contributed by atoms with Crippen molar-refractivity contribution in [2.24, 2.45) is 0 Å². The summed E-state index contributed by atoms with van der Waals surface area (Å²) in [5, 5.41) is 10.5. The van der Waals surface area contributed by atoms with Gasteiger partial charge in [-0.1, -0.05) is 23.7 Å². The van der Waals surface area contributed by atoms with Crippen LogP contribution in [0.5, 0.6) is 5.75 Å². The molecule has 33 heavy (non-hydrogen) atoms. The number of pyridine rings is 1. The summed E-state index contributed by atoms with van der Waals surface area (Å²) >= 11 is 5.99. The molecule has 0 saturated carbocycles. The molecule has 0 unspecified atom stereocenters. The van der Waals surface area contributed by atoms with Gasteiger partial charge >= 0.3 is 12.2 Å². The minimum Gasteiger partial charge on any atom is -0.449 e. The fourth-order valence-corrected chi connectivity index (χ4v) is 3.28. The van der Waals surface area contributed by atoms with Gasteiger partial charge in [0.1, 0.15) is 10.6 Å². The van der Waals surface area contributed by atoms with Crippen molar-refractivity contribution in [3.63, 3.8) is 0 Å². The SMILES string of the molecule is CC(C)(C)OC(=O)NCc1ccc(-n2cc(OC(=O)O)c(=O)c3cc(F)c(F)c(Cl)c32)cc1. The molecule has 11 heteroatoms. The highest BCUT2D eigenvalue weighted by molar-refractivity contribution is 6.35. The van der Waals surface area contributed by atoms with Crippen LogP contribution in [0.1, 0.15) is 26.3 Å². The first-order valence-electron chi connectivity index (χ1n) is 9.57. The zero-order valence-electron chi connectivity index (χ0n) is 17.7. The van der Waals surface area contributed by atoms with Gasteiger partial charge in [-0.15, -0.1) is 0 Å². The van der Waals surface area contributed by atoms with E-state index in [1.54, 1.807) is 45.0 Å². The van der Waals surface area contributed by atoms with Crippen LogP contribution in [-0.4, -0.2) is 27.5 Å². The number of aromatic nitrogens is 1. The molecule has 0 aliphatic carbocycles. The van der Waals surface area contributed by atoms with E-state index in [4.69, 9.17) is 21.4 Å². The number of hydrogen-bond acceptors (Lipinski definition) is 5. The minimum absolute atomic E-state index is 0.147. The number of halogens is 3. The van der Waals surface area contributed by atoms with Gasteiger partial charge in [-0.05, 0) is 44.5 Å². The second-order valence-electron chi connectivity index (χ2n) is 7.96. The average Bonchev–Trinajstić information content (AvgIpc) is 2.71. The van der Waals surface area contributed by atoms with Crippen LogP contribution in [0.2, 0.25) is 5.02 Å². The number of nitrogens with zero attached hydrogens (tertiary/aromatic N) is 1. The van der Waals surface area contributed by atoms with Crippen LogP contribution in [0.25, 0.3) is 16.6 Å². The second-order valence-corrected chi connectivity index (χ2v) is 8.34. The van der Waals surface area contributed by atoms with E-state index in [0.29, 0.717) is 17.3 Å². The van der Waals surface area contributed by atoms with Crippen molar-refractivity contribution in [2.45, 2.75) is 32.9 Å². The van der Waals surface area contributed by atoms with E-state index in [1.807, 2.05) is 0 Å². The van der Waals surface area contributed by atoms with Crippen LogP contribution in [0.3, 0.4) is 0 Å². The molecule has 3 rings (SSSR count). The molecule has 2 N–H and O–H groups in total. The molecule has 0 atom stereocenters. The number of carbonyl (C=O) groups is 2. The fraction of sp³-hybridized carbons (Fsp3) is 0.227. The lowest BCUT2D eigenvalue weighted by atomic mass is 10.1. The zero-order valence-corrected chi connectivity index (χ0v) is 18.5. The standard InChI is InChI=1S/C22H19ClF2N2O6/c1-22(2,3)33-20(29)26-9-11-4-6-12(7-5-11)27-10-15(32-21(30)31)19(28)13-8-14(24)17(25)16(23)18(13)27/h4-8,10H,9H2,1-3H3,(H,26,29)(H,30,31). The van der Waals surface area contributed by atoms with E-state index in [9.17, 15) is 23.2 Å². The second kappa shape index (κ2) is 9.07. The largest absolute Gasteiger partial charge is 0.511 e. The Balaban J connectivity index is 2.03. The van der Waals surface area contributed by atoms with Crippen molar-refractivity contribution in [3.05, 3.63) is 69.0 Å². The summed E-state index contributed by atoms with van der Waals surface area (Å²) in [5.74, 6) is -3.35. The number of benzene rings is 2. The Morgan fingerprint density at radius 1 is 1.18 bits per heavy atom. The summed E-state index contributed by atoms with van der Waals surface area (Å²) in [6.45, 7) is 5.35. The minimum atomic E-state index is -1.75. The molecule has 0 radical (unpaired) electrons. The van der Waals surface area contributed by atoms with Gasteiger partial charge in [0.05, 0.1) is 17.1 Å². The quantitative estimate of drug-likeness (QED) is 0.402. The summed E-state index contributed by atoms with van der Waals surface area (Å²) in [5.41, 5.74) is -0.770. The maximum absolute atomic E-state index is 14.2. The highest BCUT2D eigenvalue weighted by atomic mass is 35.5. The van der Waals surface area contributed by atoms with Crippen molar-refractivity contribution in [1.29, 1.82) is 0 Å². The van der Waals surface area contributed by atoms with Crippen molar-refractivity contribution >= 4 is 34.8 Å². The normalized spacial score (nSPS) is 11.3. The third kappa shape index (κ3) is 5.40. The molecule has 0 aliphatic heterocycles. The van der Waals surface area contributed by atoms with Crippen LogP contribution >= 0.6 is 11.6 Å². The molecule has 3 aromatic rings. The molecule has 0 bridgehead atoms. The lowest BCUT2D eigenvalue weighted by Crippen LogP contribution is -2.32. The van der Waals surface area contributed by atoms with Gasteiger partial charge in [0.2, 0.25) is 5.43 Å². The molecule has 1 heterocycles. The monoisotopic (exact) mass is 480 g/mol. The summed E-state index contributed by atoms with van der Waals surface area (Å²) in [4.78, 5) is 35.4. The Hall–Kier alpha value is -3.66. The molecule has 0 spiro atoms. The molecule has 0 aliphatic rings. The van der Waals surface area contributed by atoms with Gasteiger partial charge in [0.15, 0.2) is 17.4 Å². The number of alkyl carbamates (subject to hydrolysis) is 1. The highest BCUT2D eigenvalue weighted by Gasteiger charge is 2.21. The Morgan fingerprint density at radius 2 is 1.82 bits per heavy atom. The van der Waals surface area contributed by atoms with Crippen LogP contribution in [0.15, 0.2) is 41.3 Å². The number of rotatable bonds is 4. The van der Waals surface area contributed by atoms with Crippen LogP contribution in [-0.2, 0) is 11.3 Å². The molecule has 1 aromatic heterocycles. The summed E-state index contributed by atoms with van der Waals surface area (Å²) in [6.07, 6.45) is -1.33. The maximum atomic E-state index is 14.2. The summed E-state index contributed by atoms with van der Waals surface area (Å²) in [7, 11) is 0. The average molecular weight is 481 g/mol. The highest BCUT2D eigenvalue weighted by Crippen LogP contribution is 2.30. The lowest BCUT2D eigenvalue weighted by molar-refractivity contribution is 0.0523. The van der Waals surface area contributed by atoms with Gasteiger partial charge in [-0.3, -0.25) is 4.79 Å². The van der Waals surface area contributed by atoms with Gasteiger partial charge in [0.25, 0.3) is 0 Å². The molecule has 2 aromatic carbocycles. The van der Waals surface area contributed by atoms with Crippen molar-refractivity contribution in [3.8, 4) is 11.4 Å². The lowest BCUT2D eigenvalue weighted by Gasteiger charge is -2.19. The number of ether oxygens (including phenoxy) is 2. The van der Waals surface area contributed by atoms with Crippen LogP contribution in [0.4, 0.5) is 18.4 Å². The number of fused-ring (bicyclic) bond motifs is 1. The van der Waals surface area contributed by atoms with E-state index in [0.717, 1.165) is 6.20 Å². The number of amides is 1. The van der Waals surface area contributed by atoms with E-state index < -0.39 is 45.7 Å². The van der Waals surface area contributed by atoms with E-state index in [-0.39, 0.29) is 17.4 Å². The molecule has 0 saturated heterocycles. The molecule has 8 nitrogen and oxygen atoms in total. The van der Waals surface area contributed by atoms with Gasteiger partial charge in [-0.25, -0.2) is 18.4 Å². The first-order chi connectivity index (χ1) is 15.4. The van der Waals surface area contributed by atoms with E-state index in [2.05, 4.69) is 10.1 Å². The molecule has 174 valence electrons. The predicted octanol–water partition coefficient (Wildman–Crippen LogP) is 5.00. The zero-order chi connectivity index (χ0) is 24.5. The van der Waals surface area contributed by atoms with Gasteiger partial charge in [0, 0.05) is 12.2 Å².